The third-order valence-corrected chi connectivity index (χ3v) is 5.05. The van der Waals surface area contributed by atoms with Gasteiger partial charge in [0.2, 0.25) is 0 Å². The van der Waals surface area contributed by atoms with E-state index in [4.69, 9.17) is 9.15 Å². The van der Waals surface area contributed by atoms with Crippen LogP contribution in [0.1, 0.15) is 23.2 Å². The topological polar surface area (TPSA) is 45.9 Å². The van der Waals surface area contributed by atoms with Crippen LogP contribution in [0.2, 0.25) is 0 Å². The Bertz CT molecular complexity index is 731. The third kappa shape index (κ3) is 3.79. The number of benzene rings is 1. The molecule has 1 unspecified atom stereocenters. The number of hydrogen-bond acceptors (Lipinski definition) is 5. The highest BCUT2D eigenvalue weighted by atomic mass is 32.2. The van der Waals surface area contributed by atoms with E-state index >= 15 is 0 Å². The van der Waals surface area contributed by atoms with Gasteiger partial charge >= 0.3 is 0 Å². The summed E-state index contributed by atoms with van der Waals surface area (Å²) in [5.74, 6) is 2.89. The van der Waals surface area contributed by atoms with Crippen molar-refractivity contribution in [1.82, 2.24) is 4.90 Å². The molecule has 1 fully saturated rings. The summed E-state index contributed by atoms with van der Waals surface area (Å²) in [6.45, 7) is 4.28. The molecule has 1 saturated heterocycles. The number of piperazine rings is 1. The summed E-state index contributed by atoms with van der Waals surface area (Å²) in [6, 6.07) is 11.8. The molecule has 1 aromatic carbocycles. The number of nitrogens with zero attached hydrogens (tertiary/aromatic N) is 2. The molecular weight excluding hydrogens is 336 g/mol. The summed E-state index contributed by atoms with van der Waals surface area (Å²) in [7, 11) is 1.69. The fourth-order valence-electron chi connectivity index (χ4n) is 3.22. The molecule has 6 heteroatoms. The Morgan fingerprint density at radius 3 is 2.80 bits per heavy atom. The minimum absolute atomic E-state index is 0.0282. The summed E-state index contributed by atoms with van der Waals surface area (Å²) >= 11 is 1.68. The first-order valence-electron chi connectivity index (χ1n) is 8.40. The van der Waals surface area contributed by atoms with Crippen LogP contribution in [0, 0.1) is 0 Å². The summed E-state index contributed by atoms with van der Waals surface area (Å²) < 4.78 is 11.2. The van der Waals surface area contributed by atoms with Crippen LogP contribution in [-0.4, -0.2) is 49.8 Å². The van der Waals surface area contributed by atoms with Crippen LogP contribution < -0.4 is 9.64 Å². The molecule has 5 nitrogen and oxygen atoms in total. The average Bonchev–Trinajstić information content (AvgIpc) is 3.10. The molecule has 1 atom stereocenters. The first-order chi connectivity index (χ1) is 12.1. The van der Waals surface area contributed by atoms with Gasteiger partial charge in [-0.25, -0.2) is 0 Å². The molecule has 2 aromatic rings. The molecule has 0 spiro atoms. The highest BCUT2D eigenvalue weighted by Gasteiger charge is 2.30. The molecule has 0 aliphatic carbocycles. The fraction of sp³-hybridized carbons (Fsp3) is 0.421. The van der Waals surface area contributed by atoms with Crippen LogP contribution in [0.25, 0.3) is 0 Å². The Morgan fingerprint density at radius 2 is 2.08 bits per heavy atom. The summed E-state index contributed by atoms with van der Waals surface area (Å²) in [5.41, 5.74) is 1.07. The van der Waals surface area contributed by atoms with Crippen molar-refractivity contribution >= 4 is 23.4 Å². The van der Waals surface area contributed by atoms with Gasteiger partial charge in [0, 0.05) is 25.7 Å². The molecule has 1 aromatic heterocycles. The van der Waals surface area contributed by atoms with Gasteiger partial charge in [-0.3, -0.25) is 4.79 Å². The van der Waals surface area contributed by atoms with Crippen molar-refractivity contribution in [2.45, 2.75) is 18.7 Å². The van der Waals surface area contributed by atoms with Crippen LogP contribution in [0.3, 0.4) is 0 Å². The van der Waals surface area contributed by atoms with Crippen LogP contribution in [0.4, 0.5) is 5.69 Å². The van der Waals surface area contributed by atoms with Crippen molar-refractivity contribution in [3.8, 4) is 5.75 Å². The first kappa shape index (κ1) is 17.7. The number of methoxy groups -OCH3 is 1. The minimum atomic E-state index is -0.0282. The Kier molecular flexibility index (Phi) is 5.58. The standard InChI is InChI=1S/C19H24N2O3S/c1-14-12-20(16-6-4-5-7-17(16)23-2)10-11-21(14)19(22)18-9-8-15(24-18)13-25-3/h4-9,14H,10-13H2,1-3H3. The predicted octanol–water partition coefficient (Wildman–Crippen LogP) is 3.50. The number of anilines is 1. The van der Waals surface area contributed by atoms with Crippen LogP contribution >= 0.6 is 11.8 Å². The number of carbonyl (C=O) groups excluding carboxylic acids is 1. The lowest BCUT2D eigenvalue weighted by molar-refractivity contribution is 0.0640. The van der Waals surface area contributed by atoms with E-state index in [1.165, 1.54) is 0 Å². The molecular formula is C19H24N2O3S. The van der Waals surface area contributed by atoms with Gasteiger partial charge in [0.25, 0.3) is 5.91 Å². The van der Waals surface area contributed by atoms with Gasteiger partial charge < -0.3 is 19.0 Å². The van der Waals surface area contributed by atoms with Crippen molar-refractivity contribution in [3.05, 3.63) is 47.9 Å². The lowest BCUT2D eigenvalue weighted by Gasteiger charge is -2.41. The first-order valence-corrected chi connectivity index (χ1v) is 9.80. The molecule has 1 aliphatic rings. The largest absolute Gasteiger partial charge is 0.495 e. The van der Waals surface area contributed by atoms with Gasteiger partial charge in [0.1, 0.15) is 11.5 Å². The normalized spacial score (nSPS) is 17.6. The zero-order valence-corrected chi connectivity index (χ0v) is 15.7. The zero-order chi connectivity index (χ0) is 17.8. The number of para-hydroxylation sites is 2. The summed E-state index contributed by atoms with van der Waals surface area (Å²) in [4.78, 5) is 16.9. The predicted molar refractivity (Wildman–Crippen MR) is 102 cm³/mol. The molecule has 0 bridgehead atoms. The van der Waals surface area contributed by atoms with E-state index in [-0.39, 0.29) is 11.9 Å². The van der Waals surface area contributed by atoms with E-state index in [1.807, 2.05) is 35.4 Å². The van der Waals surface area contributed by atoms with E-state index in [9.17, 15) is 4.79 Å². The minimum Gasteiger partial charge on any atom is -0.495 e. The molecule has 2 heterocycles. The van der Waals surface area contributed by atoms with Crippen molar-refractivity contribution in [1.29, 1.82) is 0 Å². The zero-order valence-electron chi connectivity index (χ0n) is 14.9. The Morgan fingerprint density at radius 1 is 1.28 bits per heavy atom. The van der Waals surface area contributed by atoms with Gasteiger partial charge in [-0.2, -0.15) is 11.8 Å². The lowest BCUT2D eigenvalue weighted by atomic mass is 10.1. The van der Waals surface area contributed by atoms with E-state index in [1.54, 1.807) is 24.9 Å². The Balaban J connectivity index is 1.69. The number of carbonyl (C=O) groups is 1. The second-order valence-corrected chi connectivity index (χ2v) is 7.03. The molecule has 0 radical (unpaired) electrons. The fourth-order valence-corrected chi connectivity index (χ4v) is 3.66. The van der Waals surface area contributed by atoms with E-state index in [0.29, 0.717) is 12.3 Å². The monoisotopic (exact) mass is 360 g/mol. The molecule has 3 rings (SSSR count). The number of amides is 1. The van der Waals surface area contributed by atoms with Crippen molar-refractivity contribution in [2.24, 2.45) is 0 Å². The summed E-state index contributed by atoms with van der Waals surface area (Å²) in [5, 5.41) is 0. The molecule has 0 saturated carbocycles. The smallest absolute Gasteiger partial charge is 0.289 e. The molecule has 25 heavy (non-hydrogen) atoms. The van der Waals surface area contributed by atoms with Gasteiger partial charge in [0.15, 0.2) is 5.76 Å². The number of thioether (sulfide) groups is 1. The number of furan rings is 1. The van der Waals surface area contributed by atoms with Gasteiger partial charge in [-0.15, -0.1) is 0 Å². The maximum Gasteiger partial charge on any atom is 0.289 e. The van der Waals surface area contributed by atoms with E-state index in [2.05, 4.69) is 17.9 Å². The van der Waals surface area contributed by atoms with Gasteiger partial charge in [-0.05, 0) is 37.4 Å². The quantitative estimate of drug-likeness (QED) is 0.817. The van der Waals surface area contributed by atoms with Crippen LogP contribution in [-0.2, 0) is 5.75 Å². The van der Waals surface area contributed by atoms with Gasteiger partial charge in [-0.1, -0.05) is 12.1 Å². The van der Waals surface area contributed by atoms with Gasteiger partial charge in [0.05, 0.1) is 18.6 Å². The Hall–Kier alpha value is -2.08. The van der Waals surface area contributed by atoms with E-state index < -0.39 is 0 Å². The number of rotatable bonds is 5. The SMILES string of the molecule is COc1ccccc1N1CCN(C(=O)c2ccc(CSC)o2)C(C)C1. The van der Waals surface area contributed by atoms with Crippen molar-refractivity contribution < 1.29 is 13.9 Å². The second kappa shape index (κ2) is 7.87. The second-order valence-electron chi connectivity index (χ2n) is 6.16. The lowest BCUT2D eigenvalue weighted by Crippen LogP contribution is -2.54. The number of ether oxygens (including phenoxy) is 1. The highest BCUT2D eigenvalue weighted by molar-refractivity contribution is 7.97. The summed E-state index contributed by atoms with van der Waals surface area (Å²) in [6.07, 6.45) is 2.02. The van der Waals surface area contributed by atoms with Crippen LogP contribution in [0.15, 0.2) is 40.8 Å². The number of hydrogen-bond donors (Lipinski definition) is 0. The van der Waals surface area contributed by atoms with Crippen LogP contribution in [0.5, 0.6) is 5.75 Å². The molecule has 1 amide bonds. The maximum absolute atomic E-state index is 12.8. The average molecular weight is 360 g/mol. The highest BCUT2D eigenvalue weighted by Crippen LogP contribution is 2.30. The molecule has 1 aliphatic heterocycles. The third-order valence-electron chi connectivity index (χ3n) is 4.47. The van der Waals surface area contributed by atoms with Crippen molar-refractivity contribution in [2.75, 3.05) is 37.9 Å². The van der Waals surface area contributed by atoms with E-state index in [0.717, 1.165) is 36.0 Å². The maximum atomic E-state index is 12.8. The van der Waals surface area contributed by atoms with Crippen molar-refractivity contribution in [3.63, 3.8) is 0 Å². The molecule has 134 valence electrons. The Labute approximate surface area is 152 Å². The molecule has 0 N–H and O–H groups in total.